The van der Waals surface area contributed by atoms with Gasteiger partial charge in [-0.15, -0.1) is 0 Å². The monoisotopic (exact) mass is 471 g/mol. The Kier molecular flexibility index (Phi) is 38.3. The average molecular weight is 472 g/mol. The standard InChI is InChI=1S/C21H39NO3.C3H6O2.2Na/c1-3-4-5-6-7-8-9-10-11-12-13-14-15-16-17-18-20(23)22-19(2)21(24)25;1-2-3(4)5;;/h10-11,19H,3-9,12-18H2,1-2H3,(H,22,23)(H,24,25);2H2,1H3,(H,4,5);;/q;;2*+1/p-2/b11-10-;;;. The van der Waals surface area contributed by atoms with Crippen LogP contribution in [0.5, 0.6) is 0 Å². The number of hydrogen-bond acceptors (Lipinski definition) is 5. The van der Waals surface area contributed by atoms with Gasteiger partial charge in [-0.05, 0) is 45.4 Å². The van der Waals surface area contributed by atoms with E-state index >= 15 is 0 Å². The first-order chi connectivity index (χ1) is 14.3. The SMILES string of the molecule is CCC(=O)[O-].CCCCCCCC/C=C\CCCCCCCC(=O)NC(C)C(=O)[O-].[Na+].[Na+]. The van der Waals surface area contributed by atoms with Crippen LogP contribution in [0.3, 0.4) is 0 Å². The second kappa shape index (κ2) is 31.1. The summed E-state index contributed by atoms with van der Waals surface area (Å²) in [7, 11) is 0. The number of amides is 1. The second-order valence-electron chi connectivity index (χ2n) is 7.67. The molecule has 0 aliphatic carbocycles. The van der Waals surface area contributed by atoms with Crippen molar-refractivity contribution in [2.45, 2.75) is 123 Å². The molecule has 0 heterocycles. The van der Waals surface area contributed by atoms with Crippen molar-refractivity contribution in [2.75, 3.05) is 0 Å². The van der Waals surface area contributed by atoms with E-state index < -0.39 is 18.0 Å². The fraction of sp³-hybridized carbons (Fsp3) is 0.792. The van der Waals surface area contributed by atoms with E-state index in [1.54, 1.807) is 0 Å². The summed E-state index contributed by atoms with van der Waals surface area (Å²) < 4.78 is 0. The van der Waals surface area contributed by atoms with E-state index in [1.807, 2.05) is 0 Å². The van der Waals surface area contributed by atoms with Gasteiger partial charge in [0.15, 0.2) is 0 Å². The zero-order chi connectivity index (χ0) is 23.0. The van der Waals surface area contributed by atoms with Crippen molar-refractivity contribution >= 4 is 17.8 Å². The van der Waals surface area contributed by atoms with Crippen molar-refractivity contribution in [3.63, 3.8) is 0 Å². The predicted molar refractivity (Wildman–Crippen MR) is 117 cm³/mol. The van der Waals surface area contributed by atoms with Crippen molar-refractivity contribution < 1.29 is 83.7 Å². The van der Waals surface area contributed by atoms with Crippen LogP contribution in [0.25, 0.3) is 0 Å². The van der Waals surface area contributed by atoms with Gasteiger partial charge in [-0.3, -0.25) is 4.79 Å². The summed E-state index contributed by atoms with van der Waals surface area (Å²) in [6, 6.07) is -0.907. The van der Waals surface area contributed by atoms with E-state index in [-0.39, 0.29) is 71.4 Å². The summed E-state index contributed by atoms with van der Waals surface area (Å²) in [4.78, 5) is 31.3. The predicted octanol–water partition coefficient (Wildman–Crippen LogP) is -2.57. The zero-order valence-electron chi connectivity index (χ0n) is 21.4. The van der Waals surface area contributed by atoms with Crippen LogP contribution < -0.4 is 74.6 Å². The van der Waals surface area contributed by atoms with Gasteiger partial charge < -0.3 is 25.1 Å². The van der Waals surface area contributed by atoms with Crippen LogP contribution >= 0.6 is 0 Å². The number of unbranched alkanes of at least 4 members (excludes halogenated alkanes) is 11. The number of carbonyl (C=O) groups is 3. The molecule has 32 heavy (non-hydrogen) atoms. The average Bonchev–Trinajstić information content (AvgIpc) is 2.71. The maximum Gasteiger partial charge on any atom is 1.00 e. The van der Waals surface area contributed by atoms with Gasteiger partial charge in [0.1, 0.15) is 0 Å². The van der Waals surface area contributed by atoms with E-state index in [1.165, 1.54) is 71.6 Å². The van der Waals surface area contributed by atoms with Crippen molar-refractivity contribution in [3.8, 4) is 0 Å². The summed E-state index contributed by atoms with van der Waals surface area (Å²) in [5, 5.41) is 22.2. The summed E-state index contributed by atoms with van der Waals surface area (Å²) in [6.45, 7) is 5.21. The molecule has 1 unspecified atom stereocenters. The molecule has 0 aliphatic rings. The van der Waals surface area contributed by atoms with E-state index in [4.69, 9.17) is 0 Å². The Bertz CT molecular complexity index is 473. The Morgan fingerprint density at radius 2 is 1.16 bits per heavy atom. The number of carboxylic acid groups (broad SMARTS) is 2. The third kappa shape index (κ3) is 34.8. The molecule has 0 aromatic carbocycles. The maximum atomic E-state index is 11.5. The molecule has 1 N–H and O–H groups in total. The number of carbonyl (C=O) groups excluding carboxylic acids is 3. The fourth-order valence-electron chi connectivity index (χ4n) is 2.73. The molecule has 0 aliphatic heterocycles. The molecule has 0 bridgehead atoms. The van der Waals surface area contributed by atoms with E-state index in [0.29, 0.717) is 6.42 Å². The molecule has 0 fully saturated rings. The quantitative estimate of drug-likeness (QED) is 0.134. The Labute approximate surface area is 240 Å². The molecule has 0 radical (unpaired) electrons. The van der Waals surface area contributed by atoms with Gasteiger partial charge in [0.2, 0.25) is 5.91 Å². The zero-order valence-corrected chi connectivity index (χ0v) is 25.4. The van der Waals surface area contributed by atoms with E-state index in [2.05, 4.69) is 24.4 Å². The summed E-state index contributed by atoms with van der Waals surface area (Å²) >= 11 is 0. The van der Waals surface area contributed by atoms with Crippen molar-refractivity contribution in [1.82, 2.24) is 5.32 Å². The molecule has 0 saturated heterocycles. The first kappa shape index (κ1) is 39.4. The van der Waals surface area contributed by atoms with Crippen LogP contribution in [0.2, 0.25) is 0 Å². The minimum absolute atomic E-state index is 0. The Hall–Kier alpha value is 0.150. The van der Waals surface area contributed by atoms with Gasteiger partial charge in [0.05, 0.1) is 12.0 Å². The number of nitrogens with one attached hydrogen (secondary N) is 1. The van der Waals surface area contributed by atoms with Gasteiger partial charge in [-0.25, -0.2) is 0 Å². The molecule has 0 rings (SSSR count). The molecule has 0 aromatic heterocycles. The van der Waals surface area contributed by atoms with Crippen molar-refractivity contribution in [3.05, 3.63) is 12.2 Å². The molecule has 1 amide bonds. The molecular formula is C24H43NNa2O5. The summed E-state index contributed by atoms with van der Waals surface area (Å²) in [6.07, 6.45) is 21.0. The van der Waals surface area contributed by atoms with Gasteiger partial charge in [-0.2, -0.15) is 0 Å². The van der Waals surface area contributed by atoms with Gasteiger partial charge >= 0.3 is 59.1 Å². The molecular weight excluding hydrogens is 428 g/mol. The normalized spacial score (nSPS) is 10.8. The van der Waals surface area contributed by atoms with E-state index in [9.17, 15) is 24.6 Å². The molecule has 0 saturated carbocycles. The van der Waals surface area contributed by atoms with Crippen LogP contribution in [0, 0.1) is 0 Å². The van der Waals surface area contributed by atoms with Crippen molar-refractivity contribution in [1.29, 1.82) is 0 Å². The van der Waals surface area contributed by atoms with Gasteiger partial charge in [0.25, 0.3) is 0 Å². The molecule has 8 heteroatoms. The number of carboxylic acids is 2. The smallest absolute Gasteiger partial charge is 0.550 e. The van der Waals surface area contributed by atoms with E-state index in [0.717, 1.165) is 25.7 Å². The second-order valence-corrected chi connectivity index (χ2v) is 7.67. The minimum Gasteiger partial charge on any atom is -0.550 e. The Balaban J connectivity index is -0.000000501. The molecule has 0 spiro atoms. The third-order valence-electron chi connectivity index (χ3n) is 4.69. The van der Waals surface area contributed by atoms with Crippen LogP contribution in [0.1, 0.15) is 117 Å². The molecule has 0 aromatic rings. The number of allylic oxidation sites excluding steroid dienone is 2. The van der Waals surface area contributed by atoms with Crippen LogP contribution in [-0.2, 0) is 14.4 Å². The summed E-state index contributed by atoms with van der Waals surface area (Å²) in [5.41, 5.74) is 0. The van der Waals surface area contributed by atoms with Gasteiger partial charge in [-0.1, -0.05) is 77.4 Å². The first-order valence-electron chi connectivity index (χ1n) is 11.7. The fourth-order valence-corrected chi connectivity index (χ4v) is 2.73. The largest absolute Gasteiger partial charge is 1.00 e. The third-order valence-corrected chi connectivity index (χ3v) is 4.69. The molecule has 176 valence electrons. The summed E-state index contributed by atoms with van der Waals surface area (Å²) in [5.74, 6) is -2.43. The Morgan fingerprint density at radius 1 is 0.750 bits per heavy atom. The van der Waals surface area contributed by atoms with Crippen LogP contribution in [-0.4, -0.2) is 23.9 Å². The number of rotatable bonds is 18. The Morgan fingerprint density at radius 3 is 1.56 bits per heavy atom. The minimum atomic E-state index is -1.24. The van der Waals surface area contributed by atoms with Crippen LogP contribution in [0.4, 0.5) is 0 Å². The van der Waals surface area contributed by atoms with Crippen LogP contribution in [0.15, 0.2) is 12.2 Å². The molecule has 1 atom stereocenters. The molecule has 6 nitrogen and oxygen atoms in total. The number of hydrogen-bond donors (Lipinski definition) is 1. The topological polar surface area (TPSA) is 109 Å². The van der Waals surface area contributed by atoms with Crippen molar-refractivity contribution in [2.24, 2.45) is 0 Å². The first-order valence-corrected chi connectivity index (χ1v) is 11.7. The number of aliphatic carboxylic acids is 2. The maximum absolute atomic E-state index is 11.5. The van der Waals surface area contributed by atoms with Gasteiger partial charge in [0, 0.05) is 12.4 Å².